The number of hydrogen-bond donors (Lipinski definition) is 0. The van der Waals surface area contributed by atoms with Crippen molar-refractivity contribution >= 4 is 20.8 Å². The molecule has 12 heavy (non-hydrogen) atoms. The standard InChI is InChI=1S/2H2O4S.2Th/c2*1-5(2,3)4;;/h2*(H2,1,2,3,4);;/q;;2*+2/p-4. The normalized spacial score (nSPS) is 9.67. The Hall–Kier alpha value is 2.39. The van der Waals surface area contributed by atoms with Gasteiger partial charge in [-0.05, 0) is 0 Å². The van der Waals surface area contributed by atoms with Crippen LogP contribution in [0.1, 0.15) is 0 Å². The van der Waals surface area contributed by atoms with E-state index in [0.29, 0.717) is 0 Å². The molecule has 0 aromatic carbocycles. The predicted molar refractivity (Wildman–Crippen MR) is 20.9 cm³/mol. The van der Waals surface area contributed by atoms with Crippen molar-refractivity contribution in [2.45, 2.75) is 0 Å². The minimum Gasteiger partial charge on any atom is -0.759 e. The maximum Gasteiger partial charge on any atom is 2.00 e. The Bertz CT molecular complexity index is 211. The van der Waals surface area contributed by atoms with Crippen LogP contribution in [0.5, 0.6) is 0 Å². The first-order valence-corrected chi connectivity index (χ1v) is 4.00. The molecular weight excluding hydrogens is 656 g/mol. The smallest absolute Gasteiger partial charge is 0.759 e. The molecule has 0 aliphatic rings. The summed E-state index contributed by atoms with van der Waals surface area (Å²) in [5.74, 6) is 0. The van der Waals surface area contributed by atoms with Crippen LogP contribution in [0.15, 0.2) is 0 Å². The van der Waals surface area contributed by atoms with Crippen LogP contribution in [0.25, 0.3) is 0 Å². The van der Waals surface area contributed by atoms with Gasteiger partial charge in [0.25, 0.3) is 0 Å². The van der Waals surface area contributed by atoms with Crippen molar-refractivity contribution in [3.05, 3.63) is 0 Å². The zero-order valence-corrected chi connectivity index (χ0v) is 14.9. The number of rotatable bonds is 0. The van der Waals surface area contributed by atoms with Gasteiger partial charge in [-0.3, -0.25) is 16.8 Å². The van der Waals surface area contributed by atoms with Gasteiger partial charge in [0.1, 0.15) is 0 Å². The van der Waals surface area contributed by atoms with Crippen LogP contribution in [0, 0.1) is 79.9 Å². The van der Waals surface area contributed by atoms with E-state index in [9.17, 15) is 0 Å². The summed E-state index contributed by atoms with van der Waals surface area (Å²) in [6.07, 6.45) is 0. The first-order chi connectivity index (χ1) is 4.00. The zero-order valence-electron chi connectivity index (χ0n) is 5.08. The van der Waals surface area contributed by atoms with E-state index in [1.54, 1.807) is 0 Å². The molecule has 0 heterocycles. The third-order valence-electron chi connectivity index (χ3n) is 0. The van der Waals surface area contributed by atoms with Crippen LogP contribution < -0.4 is 0 Å². The molecule has 0 radical (unpaired) electrons. The van der Waals surface area contributed by atoms with Gasteiger partial charge in [0.15, 0.2) is 0 Å². The van der Waals surface area contributed by atoms with Gasteiger partial charge in [-0.2, -0.15) is 0 Å². The molecular formula is O8S2Th2. The Balaban J connectivity index is -0.0000000457. The van der Waals surface area contributed by atoms with Crippen LogP contribution >= 0.6 is 0 Å². The summed E-state index contributed by atoms with van der Waals surface area (Å²) < 4.78 is 68.2. The average molecular weight is 656 g/mol. The minimum absolute atomic E-state index is 0. The van der Waals surface area contributed by atoms with E-state index in [1.165, 1.54) is 0 Å². The molecule has 8 nitrogen and oxygen atoms in total. The Labute approximate surface area is 133 Å². The quantitative estimate of drug-likeness (QED) is 0.202. The van der Waals surface area contributed by atoms with E-state index in [2.05, 4.69) is 0 Å². The van der Waals surface area contributed by atoms with Gasteiger partial charge in [-0.1, -0.05) is 0 Å². The predicted octanol–water partition coefficient (Wildman–Crippen LogP) is -2.68. The molecule has 0 aliphatic carbocycles. The first kappa shape index (κ1) is 23.9. The van der Waals surface area contributed by atoms with E-state index < -0.39 is 20.8 Å². The monoisotopic (exact) mass is 656 g/mol. The van der Waals surface area contributed by atoms with Gasteiger partial charge in [-0.15, -0.1) is 0 Å². The van der Waals surface area contributed by atoms with Crippen molar-refractivity contribution in [2.24, 2.45) is 0 Å². The SMILES string of the molecule is O=S(=O)([O-])[O-].O=S(=O)([O-])[O-].[Th+2].[Th+2]. The molecule has 0 saturated heterocycles. The van der Waals surface area contributed by atoms with Gasteiger partial charge in [0.2, 0.25) is 0 Å². The summed E-state index contributed by atoms with van der Waals surface area (Å²) in [6, 6.07) is 0. The maximum atomic E-state index is 8.52. The van der Waals surface area contributed by atoms with Crippen molar-refractivity contribution in [3.8, 4) is 0 Å². The minimum atomic E-state index is -5.17. The third-order valence-corrected chi connectivity index (χ3v) is 0. The molecule has 0 fully saturated rings. The molecule has 0 saturated carbocycles. The summed E-state index contributed by atoms with van der Waals surface area (Å²) in [4.78, 5) is 0. The summed E-state index contributed by atoms with van der Waals surface area (Å²) in [5.41, 5.74) is 0. The second-order valence-corrected chi connectivity index (χ2v) is 2.45. The fourth-order valence-electron chi connectivity index (χ4n) is 0. The molecule has 0 amide bonds. The number of hydrogen-bond acceptors (Lipinski definition) is 8. The van der Waals surface area contributed by atoms with E-state index >= 15 is 0 Å². The van der Waals surface area contributed by atoms with E-state index in [-0.39, 0.29) is 79.9 Å². The Morgan fingerprint density at radius 2 is 0.583 bits per heavy atom. The second kappa shape index (κ2) is 9.93. The maximum absolute atomic E-state index is 8.52. The van der Waals surface area contributed by atoms with Gasteiger partial charge in [0, 0.05) is 20.8 Å². The van der Waals surface area contributed by atoms with Crippen molar-refractivity contribution < 1.29 is 115 Å². The van der Waals surface area contributed by atoms with Crippen molar-refractivity contribution in [1.82, 2.24) is 0 Å². The fourth-order valence-corrected chi connectivity index (χ4v) is 0. The Morgan fingerprint density at radius 1 is 0.583 bits per heavy atom. The summed E-state index contributed by atoms with van der Waals surface area (Å²) in [6.45, 7) is 0. The van der Waals surface area contributed by atoms with Gasteiger partial charge >= 0.3 is 79.9 Å². The third kappa shape index (κ3) is 282. The van der Waals surface area contributed by atoms with Gasteiger partial charge in [0.05, 0.1) is 0 Å². The Morgan fingerprint density at radius 3 is 0.583 bits per heavy atom. The first-order valence-electron chi connectivity index (χ1n) is 1.33. The topological polar surface area (TPSA) is 161 Å². The van der Waals surface area contributed by atoms with Crippen LogP contribution in [-0.2, 0) is 20.8 Å². The van der Waals surface area contributed by atoms with Crippen molar-refractivity contribution in [1.29, 1.82) is 0 Å². The van der Waals surface area contributed by atoms with Crippen LogP contribution in [-0.4, -0.2) is 35.0 Å². The van der Waals surface area contributed by atoms with Crippen LogP contribution in [0.4, 0.5) is 0 Å². The fraction of sp³-hybridized carbons (Fsp3) is 0. The average Bonchev–Trinajstić information content (AvgIpc) is 1.12. The molecule has 12 heteroatoms. The second-order valence-electron chi connectivity index (χ2n) is 0.816. The van der Waals surface area contributed by atoms with Crippen LogP contribution in [0.3, 0.4) is 0 Å². The molecule has 0 bridgehead atoms. The summed E-state index contributed by atoms with van der Waals surface area (Å²) in [5, 5.41) is 0. The summed E-state index contributed by atoms with van der Waals surface area (Å²) >= 11 is 0. The van der Waals surface area contributed by atoms with Gasteiger partial charge < -0.3 is 18.2 Å². The molecule has 0 unspecified atom stereocenters. The zero-order chi connectivity index (χ0) is 9.00. The molecule has 0 N–H and O–H groups in total. The molecule has 0 rings (SSSR count). The largest absolute Gasteiger partial charge is 2.00 e. The van der Waals surface area contributed by atoms with E-state index in [4.69, 9.17) is 35.0 Å². The van der Waals surface area contributed by atoms with Crippen LogP contribution in [0.2, 0.25) is 0 Å². The molecule has 0 aliphatic heterocycles. The Kier molecular flexibility index (Phi) is 19.8. The molecule has 0 atom stereocenters. The van der Waals surface area contributed by atoms with Crippen molar-refractivity contribution in [2.75, 3.05) is 0 Å². The molecule has 0 aromatic heterocycles. The molecule has 0 spiro atoms. The van der Waals surface area contributed by atoms with E-state index in [0.717, 1.165) is 0 Å². The van der Waals surface area contributed by atoms with Gasteiger partial charge in [-0.25, -0.2) is 0 Å². The molecule has 0 aromatic rings. The van der Waals surface area contributed by atoms with Crippen molar-refractivity contribution in [3.63, 3.8) is 0 Å². The van der Waals surface area contributed by atoms with E-state index in [1.807, 2.05) is 0 Å². The molecule has 68 valence electrons. The summed E-state index contributed by atoms with van der Waals surface area (Å²) in [7, 11) is -10.3.